The molecular formula is C30H39N3O4. The van der Waals surface area contributed by atoms with Crippen molar-refractivity contribution in [2.75, 3.05) is 40.4 Å². The molecule has 0 radical (unpaired) electrons. The van der Waals surface area contributed by atoms with E-state index in [-0.39, 0.29) is 30.6 Å². The number of hydrogen-bond acceptors (Lipinski definition) is 6. The Kier molecular flexibility index (Phi) is 9.07. The third-order valence-electron chi connectivity index (χ3n) is 7.50. The molecule has 3 atom stereocenters. The summed E-state index contributed by atoms with van der Waals surface area (Å²) < 4.78 is 11.6. The average molecular weight is 506 g/mol. The molecule has 1 aromatic carbocycles. The molecule has 1 saturated carbocycles. The van der Waals surface area contributed by atoms with Crippen molar-refractivity contribution in [2.45, 2.75) is 51.7 Å². The fraction of sp³-hybridized carbons (Fsp3) is 0.533. The van der Waals surface area contributed by atoms with Gasteiger partial charge in [-0.15, -0.1) is 0 Å². The van der Waals surface area contributed by atoms with Gasteiger partial charge >= 0.3 is 0 Å². The van der Waals surface area contributed by atoms with Gasteiger partial charge in [0.25, 0.3) is 5.91 Å². The highest BCUT2D eigenvalue weighted by molar-refractivity contribution is 5.97. The highest BCUT2D eigenvalue weighted by atomic mass is 16.5. The lowest BCUT2D eigenvalue weighted by atomic mass is 9.99. The fourth-order valence-corrected chi connectivity index (χ4v) is 5.22. The van der Waals surface area contributed by atoms with Gasteiger partial charge in [0.15, 0.2) is 0 Å². The number of amides is 1. The summed E-state index contributed by atoms with van der Waals surface area (Å²) in [6, 6.07) is 8.94. The van der Waals surface area contributed by atoms with E-state index in [0.717, 1.165) is 30.3 Å². The largest absolute Gasteiger partial charge is 0.497 e. The van der Waals surface area contributed by atoms with Crippen molar-refractivity contribution < 1.29 is 19.4 Å². The Bertz CT molecular complexity index is 1120. The number of rotatable bonds is 7. The highest BCUT2D eigenvalue weighted by Crippen LogP contribution is 2.29. The summed E-state index contributed by atoms with van der Waals surface area (Å²) in [5, 5.41) is 9.89. The fourth-order valence-electron chi connectivity index (χ4n) is 5.22. The van der Waals surface area contributed by atoms with Crippen LogP contribution in [-0.4, -0.2) is 78.3 Å². The van der Waals surface area contributed by atoms with Crippen LogP contribution in [0.15, 0.2) is 36.5 Å². The number of aromatic nitrogens is 1. The quantitative estimate of drug-likeness (QED) is 0.577. The lowest BCUT2D eigenvalue weighted by Gasteiger charge is -2.38. The third-order valence-corrected chi connectivity index (χ3v) is 7.50. The minimum absolute atomic E-state index is 0.0773. The summed E-state index contributed by atoms with van der Waals surface area (Å²) in [7, 11) is 3.78. The predicted molar refractivity (Wildman–Crippen MR) is 144 cm³/mol. The number of nitrogens with zero attached hydrogens (tertiary/aromatic N) is 3. The Morgan fingerprint density at radius 3 is 2.57 bits per heavy atom. The first kappa shape index (κ1) is 27.0. The number of carbonyl (C=O) groups excluding carboxylic acids is 1. The van der Waals surface area contributed by atoms with E-state index in [4.69, 9.17) is 9.47 Å². The molecule has 4 rings (SSSR count). The lowest BCUT2D eigenvalue weighted by Crippen LogP contribution is -2.50. The average Bonchev–Trinajstić information content (AvgIpc) is 3.42. The van der Waals surface area contributed by atoms with Crippen LogP contribution >= 0.6 is 0 Å². The summed E-state index contributed by atoms with van der Waals surface area (Å²) in [6.07, 6.45) is 6.78. The first-order valence-electron chi connectivity index (χ1n) is 13.3. The Labute approximate surface area is 220 Å². The SMILES string of the molecule is COc1ccc(C#Cc2cnc3c(c2)C(=O)N([C@H](C)CO)C[C@@H](C)[C@H](CN(C)CC2CCCC2)O3)cc1. The molecule has 0 spiro atoms. The van der Waals surface area contributed by atoms with Gasteiger partial charge in [0.2, 0.25) is 5.88 Å². The van der Waals surface area contributed by atoms with Gasteiger partial charge in [0.1, 0.15) is 17.4 Å². The molecule has 7 heteroatoms. The molecule has 1 N–H and O–H groups in total. The summed E-state index contributed by atoms with van der Waals surface area (Å²) in [6.45, 7) is 6.19. The molecule has 198 valence electrons. The Morgan fingerprint density at radius 1 is 1.19 bits per heavy atom. The van der Waals surface area contributed by atoms with Crippen LogP contribution in [0.3, 0.4) is 0 Å². The highest BCUT2D eigenvalue weighted by Gasteiger charge is 2.34. The number of pyridine rings is 1. The Hall–Kier alpha value is -3.08. The van der Waals surface area contributed by atoms with E-state index in [1.807, 2.05) is 31.2 Å². The summed E-state index contributed by atoms with van der Waals surface area (Å²) in [4.78, 5) is 22.3. The van der Waals surface area contributed by atoms with Crippen molar-refractivity contribution in [1.82, 2.24) is 14.8 Å². The third kappa shape index (κ3) is 6.82. The topological polar surface area (TPSA) is 75.1 Å². The summed E-state index contributed by atoms with van der Waals surface area (Å²) >= 11 is 0. The van der Waals surface area contributed by atoms with E-state index in [9.17, 15) is 9.90 Å². The van der Waals surface area contributed by atoms with Crippen LogP contribution in [-0.2, 0) is 0 Å². The number of benzene rings is 1. The van der Waals surface area contributed by atoms with Crippen LogP contribution in [0.5, 0.6) is 11.6 Å². The molecule has 1 fully saturated rings. The van der Waals surface area contributed by atoms with Crippen LogP contribution in [0, 0.1) is 23.7 Å². The number of methoxy groups -OCH3 is 1. The number of likely N-dealkylation sites (N-methyl/N-ethyl adjacent to an activating group) is 1. The zero-order valence-electron chi connectivity index (χ0n) is 22.4. The molecule has 7 nitrogen and oxygen atoms in total. The maximum absolute atomic E-state index is 13.6. The van der Waals surface area contributed by atoms with Crippen LogP contribution < -0.4 is 9.47 Å². The van der Waals surface area contributed by atoms with Crippen molar-refractivity contribution >= 4 is 5.91 Å². The Morgan fingerprint density at radius 2 is 1.89 bits per heavy atom. The van der Waals surface area contributed by atoms with Gasteiger partial charge in [-0.05, 0) is 63.1 Å². The second kappa shape index (κ2) is 12.4. The molecule has 37 heavy (non-hydrogen) atoms. The molecule has 1 aliphatic carbocycles. The monoisotopic (exact) mass is 505 g/mol. The lowest BCUT2D eigenvalue weighted by molar-refractivity contribution is 0.0320. The van der Waals surface area contributed by atoms with E-state index in [2.05, 4.69) is 35.7 Å². The standard InChI is InChI=1S/C30H39N3O4/c1-21-17-33(22(2)20-34)30(35)27-15-25(10-9-23-11-13-26(36-4)14-12-23)16-31-29(27)37-28(21)19-32(3)18-24-7-5-6-8-24/h11-16,21-22,24,28,34H,5-8,17-20H2,1-4H3/t21-,22-,28+/m1/s1. The van der Waals surface area contributed by atoms with E-state index >= 15 is 0 Å². The zero-order valence-corrected chi connectivity index (χ0v) is 22.4. The first-order chi connectivity index (χ1) is 17.9. The smallest absolute Gasteiger partial charge is 0.259 e. The molecule has 1 aromatic heterocycles. The molecule has 2 aliphatic rings. The van der Waals surface area contributed by atoms with Gasteiger partial charge in [-0.25, -0.2) is 4.98 Å². The van der Waals surface area contributed by atoms with E-state index in [0.29, 0.717) is 23.6 Å². The van der Waals surface area contributed by atoms with Crippen LogP contribution in [0.1, 0.15) is 61.0 Å². The van der Waals surface area contributed by atoms with Gasteiger partial charge in [0.05, 0.1) is 19.8 Å². The van der Waals surface area contributed by atoms with Crippen LogP contribution in [0.4, 0.5) is 0 Å². The number of aliphatic hydroxyl groups excluding tert-OH is 1. The maximum atomic E-state index is 13.6. The first-order valence-corrected chi connectivity index (χ1v) is 13.3. The van der Waals surface area contributed by atoms with Crippen LogP contribution in [0.2, 0.25) is 0 Å². The minimum Gasteiger partial charge on any atom is -0.497 e. The normalized spacial score (nSPS) is 20.9. The van der Waals surface area contributed by atoms with Gasteiger partial charge in [-0.1, -0.05) is 31.6 Å². The van der Waals surface area contributed by atoms with Crippen molar-refractivity contribution in [1.29, 1.82) is 0 Å². The van der Waals surface area contributed by atoms with Crippen LogP contribution in [0.25, 0.3) is 0 Å². The second-order valence-corrected chi connectivity index (χ2v) is 10.5. The zero-order chi connectivity index (χ0) is 26.4. The maximum Gasteiger partial charge on any atom is 0.259 e. The second-order valence-electron chi connectivity index (χ2n) is 10.5. The predicted octanol–water partition coefficient (Wildman–Crippen LogP) is 3.83. The molecule has 0 saturated heterocycles. The molecule has 2 aromatic rings. The molecule has 0 bridgehead atoms. The van der Waals surface area contributed by atoms with Gasteiger partial charge in [-0.2, -0.15) is 0 Å². The van der Waals surface area contributed by atoms with E-state index < -0.39 is 0 Å². The minimum atomic E-state index is -0.313. The van der Waals surface area contributed by atoms with Crippen molar-refractivity contribution in [3.05, 3.63) is 53.2 Å². The molecule has 1 amide bonds. The van der Waals surface area contributed by atoms with Crippen molar-refractivity contribution in [2.24, 2.45) is 11.8 Å². The number of fused-ring (bicyclic) bond motifs is 1. The summed E-state index contributed by atoms with van der Waals surface area (Å²) in [5.74, 6) is 7.98. The number of ether oxygens (including phenoxy) is 2. The van der Waals surface area contributed by atoms with E-state index in [1.165, 1.54) is 25.7 Å². The molecule has 1 aliphatic heterocycles. The Balaban J connectivity index is 1.60. The summed E-state index contributed by atoms with van der Waals surface area (Å²) in [5.41, 5.74) is 1.86. The molecular weight excluding hydrogens is 466 g/mol. The van der Waals surface area contributed by atoms with Gasteiger partial charge in [-0.3, -0.25) is 4.79 Å². The van der Waals surface area contributed by atoms with Crippen molar-refractivity contribution in [3.63, 3.8) is 0 Å². The number of carbonyl (C=O) groups is 1. The molecule has 2 heterocycles. The van der Waals surface area contributed by atoms with Gasteiger partial charge < -0.3 is 24.4 Å². The number of aliphatic hydroxyl groups is 1. The van der Waals surface area contributed by atoms with E-state index in [1.54, 1.807) is 24.3 Å². The van der Waals surface area contributed by atoms with Crippen molar-refractivity contribution in [3.8, 4) is 23.5 Å². The number of hydrogen-bond donors (Lipinski definition) is 1. The molecule has 0 unspecified atom stereocenters. The van der Waals surface area contributed by atoms with Gasteiger partial charge in [0, 0.05) is 42.9 Å².